The third-order valence-corrected chi connectivity index (χ3v) is 1.56. The molecule has 0 radical (unpaired) electrons. The van der Waals surface area contributed by atoms with E-state index in [1.165, 1.54) is 0 Å². The maximum atomic E-state index is 9.63. The Kier molecular flexibility index (Phi) is 144. The number of quaternary nitrogens is 2. The van der Waals surface area contributed by atoms with Crippen molar-refractivity contribution in [2.45, 2.75) is 24.4 Å². The Morgan fingerprint density at radius 2 is 0.500 bits per heavy atom. The summed E-state index contributed by atoms with van der Waals surface area (Å²) in [6, 6.07) is 0. The third kappa shape index (κ3) is 43.2. The Bertz CT molecular complexity index is 330. The van der Waals surface area contributed by atoms with Gasteiger partial charge in [-0.2, -0.15) is 0 Å². The summed E-state index contributed by atoms with van der Waals surface area (Å²) in [5.74, 6) is -8.23. The van der Waals surface area contributed by atoms with E-state index in [0.717, 1.165) is 0 Å². The number of carboxylic acid groups (broad SMARTS) is 4. The number of rotatable bonds is 6. The first-order valence-electron chi connectivity index (χ1n) is 4.49. The molecule has 0 fully saturated rings. The number of carbonyl (C=O) groups is 4. The van der Waals surface area contributed by atoms with Crippen LogP contribution in [0.1, 0.15) is 0 Å². The molecule has 0 aliphatic rings. The number of aliphatic carboxylic acids is 4. The minimum absolute atomic E-state index is 0. The number of aliphatic hydroxyl groups excluding tert-OH is 4. The summed E-state index contributed by atoms with van der Waals surface area (Å²) in [4.78, 5) is 38.5. The summed E-state index contributed by atoms with van der Waals surface area (Å²) in [6.07, 6.45) is -9.76. The van der Waals surface area contributed by atoms with Crippen LogP contribution in [-0.4, -0.2) is 113 Å². The van der Waals surface area contributed by atoms with Crippen LogP contribution in [0.4, 0.5) is 0 Å². The molecule has 22 nitrogen and oxygen atoms in total. The van der Waals surface area contributed by atoms with Crippen LogP contribution >= 0.6 is 0 Å². The molecule has 0 aromatic rings. The third-order valence-electron chi connectivity index (χ3n) is 1.56. The van der Waals surface area contributed by atoms with Crippen molar-refractivity contribution >= 4 is 23.9 Å². The molecule has 196 valence electrons. The fraction of sp³-hybridized carbons (Fsp3) is 0.500. The summed E-state index contributed by atoms with van der Waals surface area (Å²) < 4.78 is 0. The second kappa shape index (κ2) is 47.9. The molecule has 0 saturated heterocycles. The maximum absolute atomic E-state index is 9.63. The van der Waals surface area contributed by atoms with Crippen LogP contribution in [0.3, 0.4) is 0 Å². The van der Waals surface area contributed by atoms with Gasteiger partial charge in [-0.1, -0.05) is 0 Å². The standard InChI is InChI=1S/2C4H6O6.2H3N.2Na.8H2O/c2*5-1(3(7)8)2(6)4(9)10;;;;;;;;;;;;/h2*1-2,5-6H,(H,7,8)(H,9,10);2*1H3;;;8*1H2/q;;;;2*+1;;;;;;;;/p-4/t2*1-,2-;;;;;;;;;;;;/m11............/s1. The van der Waals surface area contributed by atoms with E-state index >= 15 is 0 Å². The molecule has 0 aliphatic carbocycles. The monoisotopic (exact) mass is 520 g/mol. The Hall–Kier alpha value is -0.680. The smallest absolute Gasteiger partial charge is 0.870 e. The fourth-order valence-electron chi connectivity index (χ4n) is 0.516. The minimum atomic E-state index is -2.44. The molecule has 32 heavy (non-hydrogen) atoms. The van der Waals surface area contributed by atoms with Crippen molar-refractivity contribution in [3.63, 3.8) is 0 Å². The van der Waals surface area contributed by atoms with E-state index in [-0.39, 0.29) is 115 Å². The van der Waals surface area contributed by atoms with Gasteiger partial charge in [0.1, 0.15) is 24.4 Å². The molecule has 24 heteroatoms. The van der Waals surface area contributed by atoms with E-state index in [2.05, 4.69) is 0 Å². The molecule has 0 aromatic heterocycles. The van der Waals surface area contributed by atoms with Gasteiger partial charge in [0, 0.05) is 0 Å². The van der Waals surface area contributed by atoms with Gasteiger partial charge in [0.05, 0.1) is 23.9 Å². The number of carboxylic acids is 4. The van der Waals surface area contributed by atoms with E-state index < -0.39 is 48.3 Å². The fourth-order valence-corrected chi connectivity index (χ4v) is 0.516. The second-order valence-corrected chi connectivity index (χ2v) is 3.06. The molecule has 0 aliphatic heterocycles. The van der Waals surface area contributed by atoms with Gasteiger partial charge < -0.3 is 116 Å². The SMILES string of the molecule is O.O.O.O.O.O.O=C([O-])[C@H](O)[C@@H](O)C(=O)[O-].O=C([O-])[C@H](O)[C@@H](O)C(=O)[O-].[NH4+].[NH4+].[Na+].[Na+].[OH-].[OH-]. The Morgan fingerprint density at radius 1 is 0.438 bits per heavy atom. The van der Waals surface area contributed by atoms with Crippen LogP contribution in [-0.2, 0) is 19.2 Å². The first-order valence-corrected chi connectivity index (χ1v) is 4.49. The summed E-state index contributed by atoms with van der Waals surface area (Å²) in [7, 11) is 0. The van der Waals surface area contributed by atoms with Gasteiger partial charge in [0.2, 0.25) is 0 Å². The first-order chi connectivity index (χ1) is 8.93. The summed E-state index contributed by atoms with van der Waals surface area (Å²) in [5.41, 5.74) is 0. The molecule has 0 amide bonds. The average Bonchev–Trinajstić information content (AvgIpc) is 2.35. The number of hydrogen-bond acceptors (Lipinski definition) is 14. The van der Waals surface area contributed by atoms with Gasteiger partial charge in [0.15, 0.2) is 0 Å². The predicted octanol–water partition coefficient (Wildman–Crippen LogP) is -20.1. The van der Waals surface area contributed by atoms with Gasteiger partial charge in [0.25, 0.3) is 0 Å². The van der Waals surface area contributed by atoms with Crippen molar-refractivity contribution in [1.82, 2.24) is 12.3 Å². The minimum Gasteiger partial charge on any atom is -0.870 e. The number of carbonyl (C=O) groups excluding carboxylic acids is 4. The Labute approximate surface area is 222 Å². The summed E-state index contributed by atoms with van der Waals surface area (Å²) >= 11 is 0. The Morgan fingerprint density at radius 3 is 0.531 bits per heavy atom. The van der Waals surface area contributed by atoms with Crippen LogP contribution in [0.5, 0.6) is 0 Å². The molecule has 26 N–H and O–H groups in total. The van der Waals surface area contributed by atoms with E-state index in [4.69, 9.17) is 20.4 Å². The van der Waals surface area contributed by atoms with Crippen molar-refractivity contribution in [1.29, 1.82) is 0 Å². The zero-order valence-electron chi connectivity index (χ0n) is 17.3. The van der Waals surface area contributed by atoms with Gasteiger partial charge in [-0.25, -0.2) is 0 Å². The first kappa shape index (κ1) is 96.0. The molecule has 0 heterocycles. The van der Waals surface area contributed by atoms with Gasteiger partial charge in [-0.3, -0.25) is 0 Å². The van der Waals surface area contributed by atoms with Crippen molar-refractivity contribution in [3.8, 4) is 0 Å². The average molecular weight is 520 g/mol. The molecule has 0 unspecified atom stereocenters. The summed E-state index contributed by atoms with van der Waals surface area (Å²) in [6.45, 7) is 0. The van der Waals surface area contributed by atoms with E-state index in [0.29, 0.717) is 0 Å². The zero-order chi connectivity index (χ0) is 16.6. The van der Waals surface area contributed by atoms with Crippen molar-refractivity contribution in [2.75, 3.05) is 0 Å². The van der Waals surface area contributed by atoms with E-state index in [1.54, 1.807) is 0 Å². The van der Waals surface area contributed by atoms with Crippen LogP contribution in [0.15, 0.2) is 0 Å². The van der Waals surface area contributed by atoms with Crippen molar-refractivity contribution in [3.05, 3.63) is 0 Å². The molecular weight excluding hydrogens is 490 g/mol. The molecule has 0 saturated carbocycles. The Balaban J connectivity index is -0.0000000123. The molecular formula is C8H30N2Na2O20-2. The quantitative estimate of drug-likeness (QED) is 0.177. The van der Waals surface area contributed by atoms with Gasteiger partial charge in [-0.05, 0) is 0 Å². The van der Waals surface area contributed by atoms with E-state index in [9.17, 15) is 39.6 Å². The summed E-state index contributed by atoms with van der Waals surface area (Å²) in [5, 5.41) is 71.5. The second-order valence-electron chi connectivity index (χ2n) is 3.06. The topological polar surface area (TPSA) is 563 Å². The van der Waals surface area contributed by atoms with Crippen LogP contribution in [0, 0.1) is 0 Å². The molecule has 0 aromatic carbocycles. The zero-order valence-corrected chi connectivity index (χ0v) is 21.3. The maximum Gasteiger partial charge on any atom is 1.00 e. The predicted molar refractivity (Wildman–Crippen MR) is 81.6 cm³/mol. The van der Waals surface area contributed by atoms with E-state index in [1.807, 2.05) is 0 Å². The normalized spacial score (nSPS) is 9.88. The van der Waals surface area contributed by atoms with Crippen LogP contribution < -0.4 is 91.8 Å². The van der Waals surface area contributed by atoms with Crippen molar-refractivity contribution in [2.24, 2.45) is 0 Å². The van der Waals surface area contributed by atoms with Gasteiger partial charge >= 0.3 is 59.1 Å². The van der Waals surface area contributed by atoms with Crippen LogP contribution in [0.2, 0.25) is 0 Å². The van der Waals surface area contributed by atoms with Crippen LogP contribution in [0.25, 0.3) is 0 Å². The largest absolute Gasteiger partial charge is 1.00 e. The molecule has 0 bridgehead atoms. The number of aliphatic hydroxyl groups is 4. The molecule has 4 atom stereocenters. The van der Waals surface area contributed by atoms with Gasteiger partial charge in [-0.15, -0.1) is 0 Å². The molecule has 0 spiro atoms. The van der Waals surface area contributed by atoms with Crippen molar-refractivity contribution < 1.29 is 163 Å². The molecule has 0 rings (SSSR count). The number of hydrogen-bond donors (Lipinski definition) is 6.